The Morgan fingerprint density at radius 1 is 1.32 bits per heavy atom. The fraction of sp³-hybridized carbons (Fsp3) is 0.214. The summed E-state index contributed by atoms with van der Waals surface area (Å²) in [6.45, 7) is 5.96. The maximum absolute atomic E-state index is 12.0. The van der Waals surface area contributed by atoms with E-state index < -0.39 is 0 Å². The zero-order chi connectivity index (χ0) is 13.6. The summed E-state index contributed by atoms with van der Waals surface area (Å²) in [5.74, 6) is 1.15. The van der Waals surface area contributed by atoms with Crippen molar-refractivity contribution in [3.05, 3.63) is 39.0 Å². The lowest BCUT2D eigenvalue weighted by Crippen LogP contribution is -2.04. The molecule has 3 rings (SSSR count). The van der Waals surface area contributed by atoms with Gasteiger partial charge < -0.3 is 5.32 Å². The molecule has 2 aromatic heterocycles. The van der Waals surface area contributed by atoms with Crippen LogP contribution in [-0.4, -0.2) is 15.9 Å². The molecule has 0 radical (unpaired) electrons. The lowest BCUT2D eigenvalue weighted by Gasteiger charge is -1.97. The van der Waals surface area contributed by atoms with Gasteiger partial charge >= 0.3 is 0 Å². The minimum Gasteiger partial charge on any atom is -0.306 e. The number of nitrogens with one attached hydrogen (secondary N) is 1. The third-order valence-electron chi connectivity index (χ3n) is 3.15. The fourth-order valence-corrected chi connectivity index (χ4v) is 3.00. The first-order chi connectivity index (χ1) is 9.04. The number of aromatic nitrogens is 2. The summed E-state index contributed by atoms with van der Waals surface area (Å²) in [6, 6.07) is 2.09. The van der Waals surface area contributed by atoms with E-state index in [4.69, 9.17) is 0 Å². The lowest BCUT2D eigenvalue weighted by molar-refractivity contribution is -0.110. The quantitative estimate of drug-likeness (QED) is 0.811. The van der Waals surface area contributed by atoms with Gasteiger partial charge in [-0.3, -0.25) is 4.79 Å². The molecular weight excluding hydrogens is 258 g/mol. The van der Waals surface area contributed by atoms with Crippen molar-refractivity contribution >= 4 is 34.7 Å². The first-order valence-electron chi connectivity index (χ1n) is 5.98. The third kappa shape index (κ3) is 2.06. The number of hydrogen-bond donors (Lipinski definition) is 1. The highest BCUT2D eigenvalue weighted by Crippen LogP contribution is 2.32. The van der Waals surface area contributed by atoms with Crippen LogP contribution in [0.15, 0.2) is 12.3 Å². The predicted molar refractivity (Wildman–Crippen MR) is 77.1 cm³/mol. The molecule has 0 spiro atoms. The highest BCUT2D eigenvalue weighted by Gasteiger charge is 2.26. The molecule has 0 aliphatic carbocycles. The van der Waals surface area contributed by atoms with Crippen LogP contribution in [0.5, 0.6) is 0 Å². The Hall–Kier alpha value is -2.01. The number of amides is 1. The van der Waals surface area contributed by atoms with E-state index in [0.29, 0.717) is 17.2 Å². The van der Waals surface area contributed by atoms with Crippen molar-refractivity contribution in [3.8, 4) is 0 Å². The molecule has 0 aromatic carbocycles. The number of hydrogen-bond acceptors (Lipinski definition) is 4. The summed E-state index contributed by atoms with van der Waals surface area (Å²) in [6.07, 6.45) is 3.61. The van der Waals surface area contributed by atoms with Crippen LogP contribution in [0.4, 0.5) is 5.82 Å². The van der Waals surface area contributed by atoms with Crippen LogP contribution in [0.25, 0.3) is 11.6 Å². The number of fused-ring (bicyclic) bond motifs is 1. The molecule has 19 heavy (non-hydrogen) atoms. The van der Waals surface area contributed by atoms with Gasteiger partial charge in [-0.05, 0) is 38.5 Å². The largest absolute Gasteiger partial charge is 0.306 e. The van der Waals surface area contributed by atoms with Crippen LogP contribution >= 0.6 is 11.3 Å². The molecule has 0 atom stereocenters. The Morgan fingerprint density at radius 2 is 2.11 bits per heavy atom. The summed E-state index contributed by atoms with van der Waals surface area (Å²) in [7, 11) is 0. The maximum atomic E-state index is 12.0. The molecule has 0 unspecified atom stereocenters. The van der Waals surface area contributed by atoms with Gasteiger partial charge in [-0.1, -0.05) is 0 Å². The standard InChI is InChI=1S/C14H13N3OS/c1-7-4-10(19-8(7)2)5-11-12-6-15-9(3)16-13(12)17-14(11)18/h4-6H,1-3H3,(H,15,16,17,18). The first-order valence-corrected chi connectivity index (χ1v) is 6.80. The van der Waals surface area contributed by atoms with Crippen molar-refractivity contribution in [2.45, 2.75) is 20.8 Å². The van der Waals surface area contributed by atoms with Gasteiger partial charge in [0.25, 0.3) is 5.91 Å². The topological polar surface area (TPSA) is 54.9 Å². The molecular formula is C14H13N3OS. The number of aryl methyl sites for hydroxylation is 3. The molecule has 0 fully saturated rings. The Labute approximate surface area is 115 Å². The molecule has 96 valence electrons. The van der Waals surface area contributed by atoms with Gasteiger partial charge in [-0.25, -0.2) is 9.97 Å². The van der Waals surface area contributed by atoms with Crippen LogP contribution < -0.4 is 5.32 Å². The number of anilines is 1. The van der Waals surface area contributed by atoms with Gasteiger partial charge in [0.05, 0.1) is 5.57 Å². The molecule has 5 heteroatoms. The van der Waals surface area contributed by atoms with Gasteiger partial charge in [0.1, 0.15) is 11.6 Å². The summed E-state index contributed by atoms with van der Waals surface area (Å²) in [5.41, 5.74) is 2.66. The number of nitrogens with zero attached hydrogens (tertiary/aromatic N) is 2. The van der Waals surface area contributed by atoms with Crippen molar-refractivity contribution in [2.75, 3.05) is 5.32 Å². The molecule has 0 saturated heterocycles. The van der Waals surface area contributed by atoms with E-state index in [9.17, 15) is 4.79 Å². The molecule has 0 bridgehead atoms. The number of carbonyl (C=O) groups is 1. The zero-order valence-electron chi connectivity index (χ0n) is 10.9. The summed E-state index contributed by atoms with van der Waals surface area (Å²) in [5, 5.41) is 2.78. The SMILES string of the molecule is Cc1ncc2c(n1)NC(=O)C2=Cc1cc(C)c(C)s1. The maximum Gasteiger partial charge on any atom is 0.257 e. The van der Waals surface area contributed by atoms with Crippen LogP contribution in [0.2, 0.25) is 0 Å². The Morgan fingerprint density at radius 3 is 2.79 bits per heavy atom. The van der Waals surface area contributed by atoms with E-state index in [2.05, 4.69) is 35.2 Å². The fourth-order valence-electron chi connectivity index (χ4n) is 2.02. The molecule has 3 heterocycles. The Balaban J connectivity index is 2.09. The second-order valence-electron chi connectivity index (χ2n) is 4.58. The third-order valence-corrected chi connectivity index (χ3v) is 4.25. The monoisotopic (exact) mass is 271 g/mol. The van der Waals surface area contributed by atoms with Gasteiger partial charge in [0.15, 0.2) is 0 Å². The number of rotatable bonds is 1. The van der Waals surface area contributed by atoms with Crippen LogP contribution in [0.3, 0.4) is 0 Å². The van der Waals surface area contributed by atoms with Gasteiger partial charge in [-0.15, -0.1) is 11.3 Å². The van der Waals surface area contributed by atoms with Crippen molar-refractivity contribution in [1.29, 1.82) is 0 Å². The van der Waals surface area contributed by atoms with E-state index in [0.717, 1.165) is 10.4 Å². The predicted octanol–water partition coefficient (Wildman–Crippen LogP) is 2.96. The molecule has 2 aromatic rings. The average molecular weight is 271 g/mol. The van der Waals surface area contributed by atoms with E-state index in [1.807, 2.05) is 6.08 Å². The van der Waals surface area contributed by atoms with Gasteiger partial charge in [-0.2, -0.15) is 0 Å². The van der Waals surface area contributed by atoms with E-state index >= 15 is 0 Å². The van der Waals surface area contributed by atoms with E-state index in [-0.39, 0.29) is 5.91 Å². The Kier molecular flexibility index (Phi) is 2.71. The lowest BCUT2D eigenvalue weighted by atomic mass is 10.1. The van der Waals surface area contributed by atoms with Crippen LogP contribution in [0, 0.1) is 20.8 Å². The minimum absolute atomic E-state index is 0.112. The second kappa shape index (κ2) is 4.28. The minimum atomic E-state index is -0.112. The number of carbonyl (C=O) groups excluding carboxylic acids is 1. The van der Waals surface area contributed by atoms with Gasteiger partial charge in [0.2, 0.25) is 0 Å². The van der Waals surface area contributed by atoms with Crippen molar-refractivity contribution in [2.24, 2.45) is 0 Å². The van der Waals surface area contributed by atoms with E-state index in [1.165, 1.54) is 10.4 Å². The smallest absolute Gasteiger partial charge is 0.257 e. The van der Waals surface area contributed by atoms with Crippen molar-refractivity contribution < 1.29 is 4.79 Å². The van der Waals surface area contributed by atoms with Gasteiger partial charge in [0, 0.05) is 21.5 Å². The highest BCUT2D eigenvalue weighted by atomic mass is 32.1. The summed E-state index contributed by atoms with van der Waals surface area (Å²) in [4.78, 5) is 22.7. The Bertz CT molecular complexity index is 696. The van der Waals surface area contributed by atoms with E-state index in [1.54, 1.807) is 24.5 Å². The van der Waals surface area contributed by atoms with Crippen LogP contribution in [0.1, 0.15) is 26.7 Å². The molecule has 0 saturated carbocycles. The molecule has 1 amide bonds. The van der Waals surface area contributed by atoms with Crippen LogP contribution in [-0.2, 0) is 4.79 Å². The normalized spacial score (nSPS) is 15.7. The summed E-state index contributed by atoms with van der Waals surface area (Å²) >= 11 is 1.68. The average Bonchev–Trinajstić information content (AvgIpc) is 2.81. The summed E-state index contributed by atoms with van der Waals surface area (Å²) < 4.78 is 0. The molecule has 1 N–H and O–H groups in total. The highest BCUT2D eigenvalue weighted by molar-refractivity contribution is 7.13. The second-order valence-corrected chi connectivity index (χ2v) is 5.87. The number of thiophene rings is 1. The first kappa shape index (κ1) is 12.0. The molecule has 1 aliphatic rings. The van der Waals surface area contributed by atoms with Crippen molar-refractivity contribution in [3.63, 3.8) is 0 Å². The van der Waals surface area contributed by atoms with Crippen molar-refractivity contribution in [1.82, 2.24) is 9.97 Å². The zero-order valence-corrected chi connectivity index (χ0v) is 11.8. The molecule has 4 nitrogen and oxygen atoms in total. The molecule has 1 aliphatic heterocycles.